The molecule has 0 bridgehead atoms. The van der Waals surface area contributed by atoms with Crippen molar-refractivity contribution in [3.8, 4) is 5.75 Å². The van der Waals surface area contributed by atoms with E-state index in [1.54, 1.807) is 59.7 Å². The summed E-state index contributed by atoms with van der Waals surface area (Å²) >= 11 is 0. The van der Waals surface area contributed by atoms with Crippen LogP contribution >= 0.6 is 7.82 Å². The van der Waals surface area contributed by atoms with Gasteiger partial charge in [-0.25, -0.2) is 4.57 Å². The van der Waals surface area contributed by atoms with Gasteiger partial charge in [0, 0.05) is 5.56 Å². The van der Waals surface area contributed by atoms with Gasteiger partial charge in [-0.3, -0.25) is 9.05 Å². The van der Waals surface area contributed by atoms with Crippen molar-refractivity contribution >= 4 is 16.1 Å². The molecule has 0 saturated heterocycles. The number of hydrogen-bond donors (Lipinski definition) is 2. The van der Waals surface area contributed by atoms with Crippen LogP contribution in [-0.4, -0.2) is 36.3 Å². The van der Waals surface area contributed by atoms with Crippen molar-refractivity contribution in [2.75, 3.05) is 6.61 Å². The van der Waals surface area contributed by atoms with Gasteiger partial charge in [0.2, 0.25) is 0 Å². The van der Waals surface area contributed by atoms with E-state index in [9.17, 15) is 14.8 Å². The van der Waals surface area contributed by atoms with Crippen LogP contribution < -0.4 is 4.52 Å². The molecule has 9 heteroatoms. The molecule has 1 atom stereocenters. The Morgan fingerprint density at radius 3 is 1.88 bits per heavy atom. The summed E-state index contributed by atoms with van der Waals surface area (Å²) < 4.78 is 37.4. The quantitative estimate of drug-likeness (QED) is 0.308. The zero-order valence-electron chi connectivity index (χ0n) is 21.6. The summed E-state index contributed by atoms with van der Waals surface area (Å²) in [5, 5.41) is 19.5. The molecule has 0 saturated carbocycles. The molecule has 1 rings (SSSR count). The van der Waals surface area contributed by atoms with Gasteiger partial charge in [0.1, 0.15) is 11.9 Å². The van der Waals surface area contributed by atoms with Crippen LogP contribution in [0, 0.1) is 0 Å². The predicted molar refractivity (Wildman–Crippen MR) is 130 cm³/mol. The maximum atomic E-state index is 13.6. The molecule has 186 valence electrons. The first-order chi connectivity index (χ1) is 14.2. The highest BCUT2D eigenvalue weighted by atomic mass is 31.2. The smallest absolute Gasteiger partial charge is 0.412 e. The second-order valence-electron chi connectivity index (χ2n) is 11.6. The Morgan fingerprint density at radius 2 is 1.47 bits per heavy atom. The Balaban J connectivity index is 3.40. The van der Waals surface area contributed by atoms with Gasteiger partial charge in [-0.05, 0) is 77.4 Å². The van der Waals surface area contributed by atoms with Crippen molar-refractivity contribution in [3.05, 3.63) is 29.3 Å². The van der Waals surface area contributed by atoms with Crippen molar-refractivity contribution < 1.29 is 32.8 Å². The highest BCUT2D eigenvalue weighted by Crippen LogP contribution is 2.55. The molecule has 0 aliphatic carbocycles. The predicted octanol–water partition coefficient (Wildman–Crippen LogP) is 6.35. The first kappa shape index (κ1) is 29.3. The fourth-order valence-electron chi connectivity index (χ4n) is 2.44. The van der Waals surface area contributed by atoms with Crippen LogP contribution in [0.4, 0.5) is 0 Å². The van der Waals surface area contributed by atoms with Crippen molar-refractivity contribution in [1.82, 2.24) is 0 Å². The molecule has 0 aromatic heterocycles. The lowest BCUT2D eigenvalue weighted by Crippen LogP contribution is -2.40. The van der Waals surface area contributed by atoms with Gasteiger partial charge in [-0.2, -0.15) is 0 Å². The van der Waals surface area contributed by atoms with E-state index in [4.69, 9.17) is 18.0 Å². The fourth-order valence-corrected chi connectivity index (χ4v) is 5.26. The first-order valence-electron chi connectivity index (χ1n) is 10.9. The Labute approximate surface area is 195 Å². The van der Waals surface area contributed by atoms with Crippen LogP contribution in [0.1, 0.15) is 79.5 Å². The minimum Gasteiger partial charge on any atom is -0.412 e. The minimum absolute atomic E-state index is 0.00374. The van der Waals surface area contributed by atoms with Crippen LogP contribution in [0.5, 0.6) is 5.75 Å². The van der Waals surface area contributed by atoms with Crippen molar-refractivity contribution in [3.63, 3.8) is 0 Å². The van der Waals surface area contributed by atoms with Crippen molar-refractivity contribution in [2.45, 2.75) is 104 Å². The van der Waals surface area contributed by atoms with E-state index in [1.165, 1.54) is 0 Å². The monoisotopic (exact) mass is 490 g/mol. The summed E-state index contributed by atoms with van der Waals surface area (Å²) in [6.07, 6.45) is -1.04. The number of phosphoric acid groups is 1. The number of phosphoric ester groups is 1. The molecule has 2 N–H and O–H groups in total. The molecule has 32 heavy (non-hydrogen) atoms. The van der Waals surface area contributed by atoms with Crippen molar-refractivity contribution in [1.29, 1.82) is 0 Å². The van der Waals surface area contributed by atoms with Gasteiger partial charge in [-0.1, -0.05) is 26.8 Å². The van der Waals surface area contributed by atoms with E-state index in [2.05, 4.69) is 33.9 Å². The summed E-state index contributed by atoms with van der Waals surface area (Å²) in [6.45, 7) is 21.1. The number of benzene rings is 1. The second-order valence-corrected chi connectivity index (χ2v) is 17.8. The molecule has 1 aromatic carbocycles. The Hall–Kier alpha value is -0.733. The molecule has 7 nitrogen and oxygen atoms in total. The third kappa shape index (κ3) is 9.25. The van der Waals surface area contributed by atoms with Crippen LogP contribution in [-0.2, 0) is 24.6 Å². The van der Waals surface area contributed by atoms with Crippen LogP contribution in [0.3, 0.4) is 0 Å². The molecule has 1 aromatic rings. The van der Waals surface area contributed by atoms with Crippen LogP contribution in [0.25, 0.3) is 0 Å². The normalized spacial score (nSPS) is 15.0. The Morgan fingerprint density at radius 1 is 0.969 bits per heavy atom. The lowest BCUT2D eigenvalue weighted by Gasteiger charge is -2.36. The average molecular weight is 491 g/mol. The SMILES string of the molecule is CC(C)(C)OP(=O)(Oc1ccc(C(O)CO)cc1CO[Si](C)(C)C(C)(C)C)OC(C)(C)C. The van der Waals surface area contributed by atoms with E-state index >= 15 is 0 Å². The molecule has 0 heterocycles. The van der Waals surface area contributed by atoms with Gasteiger partial charge in [0.15, 0.2) is 8.32 Å². The zero-order chi connectivity index (χ0) is 25.2. The largest absolute Gasteiger partial charge is 0.531 e. The second kappa shape index (κ2) is 10.3. The number of aliphatic hydroxyl groups is 2. The molecule has 0 radical (unpaired) electrons. The number of rotatable bonds is 9. The average Bonchev–Trinajstić information content (AvgIpc) is 2.55. The summed E-state index contributed by atoms with van der Waals surface area (Å²) in [5.41, 5.74) is -0.441. The van der Waals surface area contributed by atoms with Gasteiger partial charge in [0.05, 0.1) is 24.4 Å². The Kier molecular flexibility index (Phi) is 9.39. The topological polar surface area (TPSA) is 94.5 Å². The van der Waals surface area contributed by atoms with Crippen molar-refractivity contribution in [2.24, 2.45) is 0 Å². The maximum absolute atomic E-state index is 13.6. The van der Waals surface area contributed by atoms with Crippen LogP contribution in [0.15, 0.2) is 18.2 Å². The van der Waals surface area contributed by atoms with Gasteiger partial charge in [0.25, 0.3) is 0 Å². The van der Waals surface area contributed by atoms with E-state index in [1.807, 2.05) is 0 Å². The third-order valence-electron chi connectivity index (χ3n) is 5.02. The molecule has 0 amide bonds. The Bertz CT molecular complexity index is 784. The summed E-state index contributed by atoms with van der Waals surface area (Å²) in [7, 11) is -6.11. The molecule has 0 aliphatic rings. The number of hydrogen-bond acceptors (Lipinski definition) is 7. The molecule has 0 spiro atoms. The lowest BCUT2D eigenvalue weighted by atomic mass is 10.1. The lowest BCUT2D eigenvalue weighted by molar-refractivity contribution is 0.0221. The molecular formula is C23H43O7PSi. The van der Waals surface area contributed by atoms with E-state index in [-0.39, 0.29) is 17.4 Å². The van der Waals surface area contributed by atoms with Crippen LogP contribution in [0.2, 0.25) is 18.1 Å². The fraction of sp³-hybridized carbons (Fsp3) is 0.739. The highest BCUT2D eigenvalue weighted by molar-refractivity contribution is 7.49. The van der Waals surface area contributed by atoms with E-state index in [0.717, 1.165) is 0 Å². The molecule has 0 aliphatic heterocycles. The van der Waals surface area contributed by atoms with E-state index < -0.39 is 40.1 Å². The number of aliphatic hydroxyl groups excluding tert-OH is 2. The van der Waals surface area contributed by atoms with Gasteiger partial charge >= 0.3 is 7.82 Å². The maximum Gasteiger partial charge on any atom is 0.531 e. The third-order valence-corrected chi connectivity index (χ3v) is 11.5. The van der Waals surface area contributed by atoms with E-state index in [0.29, 0.717) is 11.1 Å². The summed E-state index contributed by atoms with van der Waals surface area (Å²) in [5.74, 6) is 0.287. The standard InChI is InChI=1S/C23H43O7PSi/c1-21(2,3)29-31(26,30-22(4,5)6)28-20-13-12-17(19(25)15-24)14-18(20)16-27-32(10,11)23(7,8)9/h12-14,19,24-25H,15-16H2,1-11H3. The van der Waals surface area contributed by atoms with Gasteiger partial charge < -0.3 is 19.2 Å². The minimum atomic E-state index is -4.01. The summed E-state index contributed by atoms with van der Waals surface area (Å²) in [4.78, 5) is 0. The molecule has 1 unspecified atom stereocenters. The first-order valence-corrected chi connectivity index (χ1v) is 15.3. The zero-order valence-corrected chi connectivity index (χ0v) is 23.5. The summed E-state index contributed by atoms with van der Waals surface area (Å²) in [6, 6.07) is 4.91. The molecule has 0 fully saturated rings. The van der Waals surface area contributed by atoms with Gasteiger partial charge in [-0.15, -0.1) is 0 Å². The highest BCUT2D eigenvalue weighted by Gasteiger charge is 2.40. The molecular weight excluding hydrogens is 447 g/mol.